The molecule has 0 bridgehead atoms. The average molecular weight is 246 g/mol. The summed E-state index contributed by atoms with van der Waals surface area (Å²) in [5.41, 5.74) is 0.804. The first kappa shape index (κ1) is 12.1. The minimum Gasteiger partial charge on any atom is -0.508 e. The molecule has 2 aromatic carbocycles. The molecule has 0 heterocycles. The van der Waals surface area contributed by atoms with Gasteiger partial charge in [-0.25, -0.2) is 9.18 Å². The Kier molecular flexibility index (Phi) is 3.28. The molecule has 1 N–H and O–H groups in total. The fourth-order valence-electron chi connectivity index (χ4n) is 1.73. The number of esters is 1. The Balaban J connectivity index is 2.64. The number of phenolic OH excluding ortho intramolecular Hbond substituents is 1. The van der Waals surface area contributed by atoms with E-state index in [0.717, 1.165) is 0 Å². The van der Waals surface area contributed by atoms with Gasteiger partial charge in [0.2, 0.25) is 0 Å². The van der Waals surface area contributed by atoms with Crippen molar-refractivity contribution >= 4 is 5.97 Å². The van der Waals surface area contributed by atoms with Crippen LogP contribution in [-0.4, -0.2) is 18.2 Å². The molecule has 2 aromatic rings. The van der Waals surface area contributed by atoms with E-state index in [-0.39, 0.29) is 16.9 Å². The Labute approximate surface area is 103 Å². The molecule has 3 nitrogen and oxygen atoms in total. The number of aromatic hydroxyl groups is 1. The SMILES string of the molecule is COC(=O)c1cc(O)ccc1-c1ccccc1F. The van der Waals surface area contributed by atoms with E-state index in [1.165, 1.54) is 31.4 Å². The summed E-state index contributed by atoms with van der Waals surface area (Å²) in [7, 11) is 1.23. The number of halogens is 1. The third-order valence-electron chi connectivity index (χ3n) is 2.57. The number of methoxy groups -OCH3 is 1. The maximum atomic E-state index is 13.7. The second-order valence-electron chi connectivity index (χ2n) is 3.70. The van der Waals surface area contributed by atoms with Crippen LogP contribution >= 0.6 is 0 Å². The van der Waals surface area contributed by atoms with E-state index in [2.05, 4.69) is 4.74 Å². The molecule has 0 saturated heterocycles. The van der Waals surface area contributed by atoms with Crippen molar-refractivity contribution in [3.05, 3.63) is 53.8 Å². The van der Waals surface area contributed by atoms with Gasteiger partial charge in [-0.05, 0) is 29.8 Å². The maximum absolute atomic E-state index is 13.7. The molecule has 4 heteroatoms. The van der Waals surface area contributed by atoms with E-state index >= 15 is 0 Å². The summed E-state index contributed by atoms with van der Waals surface area (Å²) in [5.74, 6) is -1.13. The van der Waals surface area contributed by atoms with E-state index in [0.29, 0.717) is 5.56 Å². The quantitative estimate of drug-likeness (QED) is 0.828. The second-order valence-corrected chi connectivity index (χ2v) is 3.70. The first-order chi connectivity index (χ1) is 8.63. The van der Waals surface area contributed by atoms with Crippen molar-refractivity contribution in [3.8, 4) is 16.9 Å². The topological polar surface area (TPSA) is 46.5 Å². The summed E-state index contributed by atoms with van der Waals surface area (Å²) < 4.78 is 18.3. The van der Waals surface area contributed by atoms with Crippen molar-refractivity contribution in [1.29, 1.82) is 0 Å². The van der Waals surface area contributed by atoms with Gasteiger partial charge in [0, 0.05) is 5.56 Å². The van der Waals surface area contributed by atoms with Crippen molar-refractivity contribution < 1.29 is 19.0 Å². The van der Waals surface area contributed by atoms with Crippen molar-refractivity contribution in [2.45, 2.75) is 0 Å². The van der Waals surface area contributed by atoms with Gasteiger partial charge in [-0.1, -0.05) is 18.2 Å². The summed E-state index contributed by atoms with van der Waals surface area (Å²) in [4.78, 5) is 11.6. The minimum atomic E-state index is -0.621. The van der Waals surface area contributed by atoms with Crippen LogP contribution in [0.5, 0.6) is 5.75 Å². The van der Waals surface area contributed by atoms with Crippen molar-refractivity contribution in [2.75, 3.05) is 7.11 Å². The molecule has 0 spiro atoms. The number of ether oxygens (including phenoxy) is 1. The van der Waals surface area contributed by atoms with Gasteiger partial charge in [0.1, 0.15) is 11.6 Å². The van der Waals surface area contributed by atoms with Gasteiger partial charge in [0.05, 0.1) is 12.7 Å². The predicted octanol–water partition coefficient (Wildman–Crippen LogP) is 2.98. The van der Waals surface area contributed by atoms with Gasteiger partial charge in [-0.2, -0.15) is 0 Å². The highest BCUT2D eigenvalue weighted by molar-refractivity contribution is 5.97. The fraction of sp³-hybridized carbons (Fsp3) is 0.0714. The molecule has 0 atom stereocenters. The van der Waals surface area contributed by atoms with Crippen LogP contribution in [0.1, 0.15) is 10.4 Å². The first-order valence-electron chi connectivity index (χ1n) is 5.29. The summed E-state index contributed by atoms with van der Waals surface area (Å²) >= 11 is 0. The summed E-state index contributed by atoms with van der Waals surface area (Å²) in [5, 5.41) is 9.40. The second kappa shape index (κ2) is 4.87. The molecular formula is C14H11FO3. The minimum absolute atomic E-state index is 0.0736. The van der Waals surface area contributed by atoms with Crippen LogP contribution in [0.3, 0.4) is 0 Å². The number of carbonyl (C=O) groups excluding carboxylic acids is 1. The largest absolute Gasteiger partial charge is 0.508 e. The Bertz CT molecular complexity index is 593. The zero-order valence-electron chi connectivity index (χ0n) is 9.68. The zero-order valence-corrected chi connectivity index (χ0v) is 9.68. The zero-order chi connectivity index (χ0) is 13.1. The smallest absolute Gasteiger partial charge is 0.338 e. The number of hydrogen-bond donors (Lipinski definition) is 1. The van der Waals surface area contributed by atoms with Gasteiger partial charge >= 0.3 is 5.97 Å². The Morgan fingerprint density at radius 2 is 1.89 bits per heavy atom. The van der Waals surface area contributed by atoms with Crippen LogP contribution < -0.4 is 0 Å². The summed E-state index contributed by atoms with van der Waals surface area (Å²) in [6.45, 7) is 0. The van der Waals surface area contributed by atoms with Gasteiger partial charge in [0.25, 0.3) is 0 Å². The van der Waals surface area contributed by atoms with Crippen molar-refractivity contribution in [2.24, 2.45) is 0 Å². The Morgan fingerprint density at radius 3 is 2.56 bits per heavy atom. The predicted molar refractivity (Wildman–Crippen MR) is 64.8 cm³/mol. The molecule has 0 aliphatic rings. The Hall–Kier alpha value is -2.36. The normalized spacial score (nSPS) is 10.1. The monoisotopic (exact) mass is 246 g/mol. The number of benzene rings is 2. The van der Waals surface area contributed by atoms with Crippen molar-refractivity contribution in [1.82, 2.24) is 0 Å². The lowest BCUT2D eigenvalue weighted by molar-refractivity contribution is 0.0601. The van der Waals surface area contributed by atoms with Crippen LogP contribution in [-0.2, 0) is 4.74 Å². The molecule has 2 rings (SSSR count). The lowest BCUT2D eigenvalue weighted by Gasteiger charge is -2.09. The van der Waals surface area contributed by atoms with Gasteiger partial charge in [-0.15, -0.1) is 0 Å². The molecule has 0 unspecified atom stereocenters. The Morgan fingerprint density at radius 1 is 1.17 bits per heavy atom. The molecule has 0 aliphatic heterocycles. The molecular weight excluding hydrogens is 235 g/mol. The molecule has 0 aromatic heterocycles. The molecule has 18 heavy (non-hydrogen) atoms. The molecule has 0 aliphatic carbocycles. The van der Waals surface area contributed by atoms with Gasteiger partial charge in [0.15, 0.2) is 0 Å². The van der Waals surface area contributed by atoms with Crippen molar-refractivity contribution in [3.63, 3.8) is 0 Å². The lowest BCUT2D eigenvalue weighted by Crippen LogP contribution is -2.04. The van der Waals surface area contributed by atoms with Crippen LogP contribution in [0.25, 0.3) is 11.1 Å². The molecule has 0 fully saturated rings. The fourth-order valence-corrected chi connectivity index (χ4v) is 1.73. The third kappa shape index (κ3) is 2.18. The molecule has 0 saturated carbocycles. The van der Waals surface area contributed by atoms with E-state index < -0.39 is 11.8 Å². The maximum Gasteiger partial charge on any atom is 0.338 e. The number of hydrogen-bond acceptors (Lipinski definition) is 3. The van der Waals surface area contributed by atoms with Crippen LogP contribution in [0, 0.1) is 5.82 Å². The average Bonchev–Trinajstić information content (AvgIpc) is 2.39. The van der Waals surface area contributed by atoms with Crippen LogP contribution in [0.15, 0.2) is 42.5 Å². The summed E-state index contributed by atoms with van der Waals surface area (Å²) in [6.07, 6.45) is 0. The molecule has 0 radical (unpaired) electrons. The summed E-state index contributed by atoms with van der Waals surface area (Å²) in [6, 6.07) is 10.3. The van der Waals surface area contributed by atoms with Gasteiger partial charge in [-0.3, -0.25) is 0 Å². The standard InChI is InChI=1S/C14H11FO3/c1-18-14(17)12-8-9(16)6-7-10(12)11-4-2-3-5-13(11)15/h2-8,16H,1H3. The van der Waals surface area contributed by atoms with E-state index in [1.54, 1.807) is 18.2 Å². The highest BCUT2D eigenvalue weighted by Crippen LogP contribution is 2.29. The third-order valence-corrected chi connectivity index (χ3v) is 2.57. The van der Waals surface area contributed by atoms with E-state index in [1.807, 2.05) is 0 Å². The van der Waals surface area contributed by atoms with E-state index in [4.69, 9.17) is 0 Å². The van der Waals surface area contributed by atoms with E-state index in [9.17, 15) is 14.3 Å². The lowest BCUT2D eigenvalue weighted by atomic mass is 9.99. The highest BCUT2D eigenvalue weighted by Gasteiger charge is 2.16. The van der Waals surface area contributed by atoms with Gasteiger partial charge < -0.3 is 9.84 Å². The highest BCUT2D eigenvalue weighted by atomic mass is 19.1. The molecule has 92 valence electrons. The molecule has 0 amide bonds. The number of phenols is 1. The number of carbonyl (C=O) groups is 1. The van der Waals surface area contributed by atoms with Crippen LogP contribution in [0.4, 0.5) is 4.39 Å². The van der Waals surface area contributed by atoms with Crippen LogP contribution in [0.2, 0.25) is 0 Å². The first-order valence-corrected chi connectivity index (χ1v) is 5.29. The number of rotatable bonds is 2.